The van der Waals surface area contributed by atoms with Gasteiger partial charge in [0.15, 0.2) is 0 Å². The summed E-state index contributed by atoms with van der Waals surface area (Å²) in [6, 6.07) is 13.8. The molecule has 2 aliphatic rings. The molecule has 0 radical (unpaired) electrons. The summed E-state index contributed by atoms with van der Waals surface area (Å²) in [5.74, 6) is -0.768. The Hall–Kier alpha value is -2.73. The van der Waals surface area contributed by atoms with Gasteiger partial charge in [-0.2, -0.15) is 0 Å². The summed E-state index contributed by atoms with van der Waals surface area (Å²) in [4.78, 5) is 32.0. The smallest absolute Gasteiger partial charge is 0.256 e. The van der Waals surface area contributed by atoms with E-state index in [0.29, 0.717) is 31.7 Å². The van der Waals surface area contributed by atoms with Crippen LogP contribution in [0.5, 0.6) is 0 Å². The molecule has 1 atom stereocenters. The lowest BCUT2D eigenvalue weighted by molar-refractivity contribution is -0.0508. The first-order valence-electron chi connectivity index (χ1n) is 10.4. The number of piperazine rings is 2. The number of halogens is 1. The maximum atomic E-state index is 14.2. The Morgan fingerprint density at radius 2 is 1.60 bits per heavy atom. The molecule has 0 N–H and O–H groups in total. The number of benzene rings is 2. The zero-order valence-electron chi connectivity index (χ0n) is 17.8. The van der Waals surface area contributed by atoms with Crippen LogP contribution in [0.1, 0.15) is 40.1 Å². The Labute approximate surface area is 177 Å². The third-order valence-corrected chi connectivity index (χ3v) is 6.25. The van der Waals surface area contributed by atoms with Crippen LogP contribution in [0.2, 0.25) is 0 Å². The predicted molar refractivity (Wildman–Crippen MR) is 114 cm³/mol. The second kappa shape index (κ2) is 7.84. The Kier molecular flexibility index (Phi) is 5.36. The molecule has 0 aliphatic carbocycles. The van der Waals surface area contributed by atoms with Crippen molar-refractivity contribution in [1.29, 1.82) is 0 Å². The Bertz CT molecular complexity index is 957. The largest absolute Gasteiger partial charge is 0.336 e. The zero-order valence-corrected chi connectivity index (χ0v) is 17.8. The van der Waals surface area contributed by atoms with Crippen molar-refractivity contribution in [2.75, 3.05) is 32.7 Å². The van der Waals surface area contributed by atoms with Gasteiger partial charge in [0, 0.05) is 49.9 Å². The van der Waals surface area contributed by atoms with E-state index in [2.05, 4.69) is 18.7 Å². The van der Waals surface area contributed by atoms with Crippen LogP contribution in [-0.4, -0.2) is 70.8 Å². The fourth-order valence-corrected chi connectivity index (χ4v) is 4.71. The third kappa shape index (κ3) is 3.84. The second-order valence-electron chi connectivity index (χ2n) is 8.94. The molecule has 2 aromatic rings. The lowest BCUT2D eigenvalue weighted by atomic mass is 9.92. The standard InChI is InChI=1S/C24H28FN3O2/c1-17-8-10-18(11-9-17)22(29)26-12-13-28-19(14-26)15-27(16-24(28,2)3)23(30)20-6-4-5-7-21(20)25/h4-11,19H,12-16H2,1-3H3/t19-/m0/s1. The summed E-state index contributed by atoms with van der Waals surface area (Å²) < 4.78 is 14.2. The van der Waals surface area contributed by atoms with Gasteiger partial charge in [-0.25, -0.2) is 4.39 Å². The monoisotopic (exact) mass is 409 g/mol. The van der Waals surface area contributed by atoms with Crippen molar-refractivity contribution in [3.63, 3.8) is 0 Å². The quantitative estimate of drug-likeness (QED) is 0.765. The number of carbonyl (C=O) groups excluding carboxylic acids is 2. The lowest BCUT2D eigenvalue weighted by Gasteiger charge is -2.55. The highest BCUT2D eigenvalue weighted by Crippen LogP contribution is 2.29. The number of fused-ring (bicyclic) bond motifs is 1. The predicted octanol–water partition coefficient (Wildman–Crippen LogP) is 3.20. The number of amides is 2. The highest BCUT2D eigenvalue weighted by molar-refractivity contribution is 5.95. The summed E-state index contributed by atoms with van der Waals surface area (Å²) in [5.41, 5.74) is 1.66. The maximum absolute atomic E-state index is 14.2. The van der Waals surface area contributed by atoms with Crippen LogP contribution in [0.25, 0.3) is 0 Å². The van der Waals surface area contributed by atoms with Crippen molar-refractivity contribution in [2.24, 2.45) is 0 Å². The van der Waals surface area contributed by atoms with E-state index in [0.717, 1.165) is 12.1 Å². The normalized spacial score (nSPS) is 21.3. The van der Waals surface area contributed by atoms with Crippen LogP contribution in [0.3, 0.4) is 0 Å². The van der Waals surface area contributed by atoms with Crippen LogP contribution in [-0.2, 0) is 0 Å². The van der Waals surface area contributed by atoms with E-state index in [-0.39, 0.29) is 29.0 Å². The highest BCUT2D eigenvalue weighted by Gasteiger charge is 2.44. The maximum Gasteiger partial charge on any atom is 0.256 e. The molecule has 0 spiro atoms. The number of hydrogen-bond acceptors (Lipinski definition) is 3. The van der Waals surface area contributed by atoms with Crippen molar-refractivity contribution in [3.05, 3.63) is 71.0 Å². The first-order valence-corrected chi connectivity index (χ1v) is 10.4. The Morgan fingerprint density at radius 3 is 2.30 bits per heavy atom. The molecule has 2 saturated heterocycles. The molecule has 0 saturated carbocycles. The Balaban J connectivity index is 1.53. The van der Waals surface area contributed by atoms with Gasteiger partial charge in [0.25, 0.3) is 11.8 Å². The summed E-state index contributed by atoms with van der Waals surface area (Å²) in [6.45, 7) is 9.20. The van der Waals surface area contributed by atoms with Crippen LogP contribution in [0, 0.1) is 12.7 Å². The van der Waals surface area contributed by atoms with E-state index in [9.17, 15) is 14.0 Å². The first-order chi connectivity index (χ1) is 14.3. The van der Waals surface area contributed by atoms with Crippen LogP contribution in [0.4, 0.5) is 4.39 Å². The number of nitrogens with zero attached hydrogens (tertiary/aromatic N) is 3. The molecule has 0 unspecified atom stereocenters. The first kappa shape index (κ1) is 20.5. The van der Waals surface area contributed by atoms with Crippen LogP contribution >= 0.6 is 0 Å². The molecule has 158 valence electrons. The molecule has 5 nitrogen and oxygen atoms in total. The van der Waals surface area contributed by atoms with E-state index < -0.39 is 5.82 Å². The van der Waals surface area contributed by atoms with E-state index >= 15 is 0 Å². The Morgan fingerprint density at radius 1 is 0.933 bits per heavy atom. The number of hydrogen-bond donors (Lipinski definition) is 0. The van der Waals surface area contributed by atoms with Gasteiger partial charge in [0.2, 0.25) is 0 Å². The van der Waals surface area contributed by atoms with Crippen molar-refractivity contribution in [3.8, 4) is 0 Å². The van der Waals surface area contributed by atoms with Crippen molar-refractivity contribution >= 4 is 11.8 Å². The fraction of sp³-hybridized carbons (Fsp3) is 0.417. The van der Waals surface area contributed by atoms with Crippen molar-refractivity contribution in [1.82, 2.24) is 14.7 Å². The van der Waals surface area contributed by atoms with Gasteiger partial charge in [0.1, 0.15) is 5.82 Å². The molecule has 2 amide bonds. The number of aryl methyl sites for hydroxylation is 1. The van der Waals surface area contributed by atoms with Gasteiger partial charge in [-0.15, -0.1) is 0 Å². The highest BCUT2D eigenvalue weighted by atomic mass is 19.1. The van der Waals surface area contributed by atoms with E-state index in [1.807, 2.05) is 36.1 Å². The SMILES string of the molecule is Cc1ccc(C(=O)N2CCN3[C@@H](C2)CN(C(=O)c2ccccc2F)CC3(C)C)cc1. The molecule has 2 aromatic carbocycles. The summed E-state index contributed by atoms with van der Waals surface area (Å²) >= 11 is 0. The van der Waals surface area contributed by atoms with Gasteiger partial charge in [-0.3, -0.25) is 14.5 Å². The third-order valence-electron chi connectivity index (χ3n) is 6.25. The topological polar surface area (TPSA) is 43.9 Å². The summed E-state index contributed by atoms with van der Waals surface area (Å²) in [5, 5.41) is 0. The van der Waals surface area contributed by atoms with Crippen molar-refractivity contribution < 1.29 is 14.0 Å². The number of carbonyl (C=O) groups is 2. The van der Waals surface area contributed by atoms with E-state index in [1.54, 1.807) is 17.0 Å². The van der Waals surface area contributed by atoms with Crippen molar-refractivity contribution in [2.45, 2.75) is 32.4 Å². The minimum absolute atomic E-state index is 0.0185. The molecule has 0 aromatic heterocycles. The molecule has 6 heteroatoms. The molecular weight excluding hydrogens is 381 g/mol. The van der Waals surface area contributed by atoms with Crippen LogP contribution in [0.15, 0.2) is 48.5 Å². The molecule has 0 bridgehead atoms. The minimum Gasteiger partial charge on any atom is -0.336 e. The summed E-state index contributed by atoms with van der Waals surface area (Å²) in [6.07, 6.45) is 0. The van der Waals surface area contributed by atoms with Gasteiger partial charge < -0.3 is 9.80 Å². The molecule has 2 aliphatic heterocycles. The van der Waals surface area contributed by atoms with E-state index in [1.165, 1.54) is 12.1 Å². The van der Waals surface area contributed by atoms with Gasteiger partial charge in [-0.05, 0) is 45.0 Å². The molecular formula is C24H28FN3O2. The average Bonchev–Trinajstić information content (AvgIpc) is 2.72. The number of rotatable bonds is 2. The average molecular weight is 410 g/mol. The van der Waals surface area contributed by atoms with Gasteiger partial charge >= 0.3 is 0 Å². The van der Waals surface area contributed by atoms with Gasteiger partial charge in [0.05, 0.1) is 5.56 Å². The molecule has 2 fully saturated rings. The van der Waals surface area contributed by atoms with Gasteiger partial charge in [-0.1, -0.05) is 29.8 Å². The minimum atomic E-state index is -0.498. The van der Waals surface area contributed by atoms with Crippen LogP contribution < -0.4 is 0 Å². The zero-order chi connectivity index (χ0) is 21.5. The fourth-order valence-electron chi connectivity index (χ4n) is 4.71. The lowest BCUT2D eigenvalue weighted by Crippen LogP contribution is -2.70. The second-order valence-corrected chi connectivity index (χ2v) is 8.94. The summed E-state index contributed by atoms with van der Waals surface area (Å²) in [7, 11) is 0. The molecule has 4 rings (SSSR count). The van der Waals surface area contributed by atoms with E-state index in [4.69, 9.17) is 0 Å². The molecule has 2 heterocycles. The molecule has 30 heavy (non-hydrogen) atoms.